The van der Waals surface area contributed by atoms with E-state index in [2.05, 4.69) is 16.9 Å². The van der Waals surface area contributed by atoms with Crippen LogP contribution in [0.15, 0.2) is 42.0 Å². The predicted octanol–water partition coefficient (Wildman–Crippen LogP) is 0.607. The number of hydrogen-bond donors (Lipinski definition) is 1. The number of fused-ring (bicyclic) bond motifs is 1. The summed E-state index contributed by atoms with van der Waals surface area (Å²) in [6, 6.07) is 3.83. The maximum Gasteiger partial charge on any atom is 0.270 e. The summed E-state index contributed by atoms with van der Waals surface area (Å²) in [6.45, 7) is 3.55. The van der Waals surface area contributed by atoms with Crippen molar-refractivity contribution in [1.29, 1.82) is 0 Å². The summed E-state index contributed by atoms with van der Waals surface area (Å²) in [5, 5.41) is 13.4. The number of nitrogens with one attached hydrogen (secondary N) is 1. The summed E-state index contributed by atoms with van der Waals surface area (Å²) in [4.78, 5) is 38.0. The molecule has 21 heavy (non-hydrogen) atoms. The average Bonchev–Trinajstić information content (AvgIpc) is 2.47. The third kappa shape index (κ3) is 3.11. The number of hydrogen-bond acceptors (Lipinski definition) is 5. The minimum Gasteiger partial charge on any atom is -0.351 e. The highest BCUT2D eigenvalue weighted by Gasteiger charge is 2.12. The third-order valence-corrected chi connectivity index (χ3v) is 2.78. The van der Waals surface area contributed by atoms with Crippen molar-refractivity contribution >= 4 is 22.5 Å². The fourth-order valence-corrected chi connectivity index (χ4v) is 1.77. The van der Waals surface area contributed by atoms with E-state index in [0.717, 1.165) is 10.6 Å². The summed E-state index contributed by atoms with van der Waals surface area (Å²) < 4.78 is 1.10. The first-order valence-electron chi connectivity index (χ1n) is 6.04. The van der Waals surface area contributed by atoms with Gasteiger partial charge in [0.15, 0.2) is 0 Å². The molecule has 108 valence electrons. The first-order chi connectivity index (χ1) is 10.0. The molecule has 0 radical (unpaired) electrons. The number of nitro groups is 1. The Morgan fingerprint density at radius 1 is 1.52 bits per heavy atom. The summed E-state index contributed by atoms with van der Waals surface area (Å²) in [5.74, 6) is -0.372. The molecule has 0 fully saturated rings. The number of nitrogens with zero attached hydrogens (tertiary/aromatic N) is 3. The number of rotatable bonds is 5. The molecule has 1 heterocycles. The summed E-state index contributed by atoms with van der Waals surface area (Å²) in [5.41, 5.74) is -0.360. The van der Waals surface area contributed by atoms with Crippen LogP contribution in [0.4, 0.5) is 5.69 Å². The van der Waals surface area contributed by atoms with Crippen LogP contribution >= 0.6 is 0 Å². The number of non-ortho nitro benzene ring substituents is 1. The van der Waals surface area contributed by atoms with Gasteiger partial charge in [-0.2, -0.15) is 0 Å². The van der Waals surface area contributed by atoms with E-state index in [1.165, 1.54) is 24.5 Å². The van der Waals surface area contributed by atoms with Gasteiger partial charge in [-0.25, -0.2) is 4.98 Å². The Morgan fingerprint density at radius 3 is 2.95 bits per heavy atom. The van der Waals surface area contributed by atoms with Gasteiger partial charge in [0, 0.05) is 18.7 Å². The summed E-state index contributed by atoms with van der Waals surface area (Å²) in [7, 11) is 0. The van der Waals surface area contributed by atoms with E-state index >= 15 is 0 Å². The molecule has 1 aromatic carbocycles. The molecule has 0 aliphatic heterocycles. The number of benzene rings is 1. The van der Waals surface area contributed by atoms with Crippen molar-refractivity contribution in [2.45, 2.75) is 6.54 Å². The van der Waals surface area contributed by atoms with Crippen LogP contribution in [0.5, 0.6) is 0 Å². The molecule has 1 aromatic heterocycles. The SMILES string of the molecule is C=CCNC(=O)Cn1cnc2ccc([N+](=O)[O-])cc2c1=O. The zero-order chi connectivity index (χ0) is 15.4. The van der Waals surface area contributed by atoms with Crippen molar-refractivity contribution in [2.24, 2.45) is 0 Å². The standard InChI is InChI=1S/C13H12N4O4/c1-2-5-14-12(18)7-16-8-15-11-4-3-9(17(20)21)6-10(11)13(16)19/h2-4,6,8H,1,5,7H2,(H,14,18). The van der Waals surface area contributed by atoms with Crippen molar-refractivity contribution in [1.82, 2.24) is 14.9 Å². The van der Waals surface area contributed by atoms with Crippen LogP contribution in [-0.2, 0) is 11.3 Å². The first-order valence-corrected chi connectivity index (χ1v) is 6.04. The molecule has 8 nitrogen and oxygen atoms in total. The molecule has 0 unspecified atom stereocenters. The molecule has 0 saturated heterocycles. The highest BCUT2D eigenvalue weighted by molar-refractivity contribution is 5.80. The molecule has 8 heteroatoms. The maximum atomic E-state index is 12.2. The lowest BCUT2D eigenvalue weighted by atomic mass is 10.2. The topological polar surface area (TPSA) is 107 Å². The third-order valence-electron chi connectivity index (χ3n) is 2.78. The largest absolute Gasteiger partial charge is 0.351 e. The van der Waals surface area contributed by atoms with Gasteiger partial charge < -0.3 is 5.32 Å². The van der Waals surface area contributed by atoms with E-state index in [1.807, 2.05) is 0 Å². The highest BCUT2D eigenvalue weighted by atomic mass is 16.6. The Hall–Kier alpha value is -3.03. The van der Waals surface area contributed by atoms with E-state index in [4.69, 9.17) is 0 Å². The lowest BCUT2D eigenvalue weighted by molar-refractivity contribution is -0.384. The second kappa shape index (κ2) is 5.95. The van der Waals surface area contributed by atoms with Crippen LogP contribution in [0.2, 0.25) is 0 Å². The molecule has 1 N–H and O–H groups in total. The molecular weight excluding hydrogens is 276 g/mol. The van der Waals surface area contributed by atoms with Crippen molar-refractivity contribution in [2.75, 3.05) is 6.54 Å². The number of nitro benzene ring substituents is 1. The van der Waals surface area contributed by atoms with Gasteiger partial charge in [0.05, 0.1) is 22.2 Å². The van der Waals surface area contributed by atoms with Gasteiger partial charge in [-0.15, -0.1) is 6.58 Å². The molecular formula is C13H12N4O4. The molecule has 1 amide bonds. The molecule has 0 aliphatic carbocycles. The molecule has 0 aliphatic rings. The summed E-state index contributed by atoms with van der Waals surface area (Å²) >= 11 is 0. The van der Waals surface area contributed by atoms with Gasteiger partial charge in [0.1, 0.15) is 6.54 Å². The minimum atomic E-state index is -0.590. The van der Waals surface area contributed by atoms with Gasteiger partial charge in [0.25, 0.3) is 11.2 Å². The number of amides is 1. The minimum absolute atomic E-state index is 0.100. The number of carbonyl (C=O) groups is 1. The number of aromatic nitrogens is 2. The van der Waals surface area contributed by atoms with Crippen molar-refractivity contribution in [3.05, 3.63) is 57.6 Å². The Kier molecular flexibility index (Phi) is 4.07. The monoisotopic (exact) mass is 288 g/mol. The van der Waals surface area contributed by atoms with Gasteiger partial charge in [0.2, 0.25) is 5.91 Å². The number of carbonyl (C=O) groups excluding carboxylic acids is 1. The van der Waals surface area contributed by atoms with Crippen molar-refractivity contribution < 1.29 is 9.72 Å². The Balaban J connectivity index is 2.40. The Morgan fingerprint density at radius 2 is 2.29 bits per heavy atom. The molecule has 2 aromatic rings. The zero-order valence-corrected chi connectivity index (χ0v) is 11.0. The molecule has 2 rings (SSSR count). The Labute approximate surface area is 118 Å². The first kappa shape index (κ1) is 14.4. The van der Waals surface area contributed by atoms with Gasteiger partial charge >= 0.3 is 0 Å². The zero-order valence-electron chi connectivity index (χ0n) is 11.0. The van der Waals surface area contributed by atoms with Gasteiger partial charge in [-0.1, -0.05) is 6.08 Å². The predicted molar refractivity (Wildman–Crippen MR) is 75.9 cm³/mol. The van der Waals surface area contributed by atoms with Crippen LogP contribution in [0.1, 0.15) is 0 Å². The van der Waals surface area contributed by atoms with Gasteiger partial charge in [-0.05, 0) is 6.07 Å². The quantitative estimate of drug-likeness (QED) is 0.492. The molecule has 0 spiro atoms. The highest BCUT2D eigenvalue weighted by Crippen LogP contribution is 2.16. The van der Waals surface area contributed by atoms with Crippen LogP contribution in [-0.4, -0.2) is 26.9 Å². The van der Waals surface area contributed by atoms with Crippen molar-refractivity contribution in [3.63, 3.8) is 0 Å². The van der Waals surface area contributed by atoms with Crippen LogP contribution in [0, 0.1) is 10.1 Å². The van der Waals surface area contributed by atoms with Crippen LogP contribution < -0.4 is 10.9 Å². The fourth-order valence-electron chi connectivity index (χ4n) is 1.77. The van der Waals surface area contributed by atoms with E-state index in [-0.39, 0.29) is 23.5 Å². The van der Waals surface area contributed by atoms with Crippen molar-refractivity contribution in [3.8, 4) is 0 Å². The van der Waals surface area contributed by atoms with Crippen LogP contribution in [0.3, 0.4) is 0 Å². The van der Waals surface area contributed by atoms with E-state index in [9.17, 15) is 19.7 Å². The van der Waals surface area contributed by atoms with E-state index < -0.39 is 10.5 Å². The fraction of sp³-hybridized carbons (Fsp3) is 0.154. The Bertz CT molecular complexity index is 781. The van der Waals surface area contributed by atoms with E-state index in [1.54, 1.807) is 0 Å². The lowest BCUT2D eigenvalue weighted by Crippen LogP contribution is -2.32. The van der Waals surface area contributed by atoms with E-state index in [0.29, 0.717) is 12.1 Å². The second-order valence-corrected chi connectivity index (χ2v) is 4.23. The van der Waals surface area contributed by atoms with Gasteiger partial charge in [-0.3, -0.25) is 24.3 Å². The molecule has 0 saturated carbocycles. The molecule has 0 bridgehead atoms. The second-order valence-electron chi connectivity index (χ2n) is 4.23. The maximum absolute atomic E-state index is 12.2. The lowest BCUT2D eigenvalue weighted by Gasteiger charge is -2.06. The smallest absolute Gasteiger partial charge is 0.270 e. The normalized spacial score (nSPS) is 10.3. The average molecular weight is 288 g/mol. The molecule has 0 atom stereocenters. The van der Waals surface area contributed by atoms with Crippen LogP contribution in [0.25, 0.3) is 10.9 Å². The summed E-state index contributed by atoms with van der Waals surface area (Å²) in [6.07, 6.45) is 2.76.